The van der Waals surface area contributed by atoms with E-state index in [9.17, 15) is 15.3 Å². The number of hydrogen-bond donors (Lipinski definition) is 1. The summed E-state index contributed by atoms with van der Waals surface area (Å²) < 4.78 is 11.6. The second kappa shape index (κ2) is 11.9. The molecule has 0 aliphatic heterocycles. The van der Waals surface area contributed by atoms with E-state index in [-0.39, 0.29) is 12.2 Å². The molecule has 3 aromatic rings. The zero-order valence-electron chi connectivity index (χ0n) is 19.7. The highest BCUT2D eigenvalue weighted by Gasteiger charge is 2.15. The SMILES string of the molecule is C=CCc1cc(/C=C(\C#N)C(=O)Nc2ccc(C)cc2)cc(OC)c1OCc1ccccc1C#N. The van der Waals surface area contributed by atoms with Gasteiger partial charge in [0.25, 0.3) is 5.91 Å². The Bertz CT molecular complexity index is 1340. The lowest BCUT2D eigenvalue weighted by Crippen LogP contribution is -2.13. The van der Waals surface area contributed by atoms with Gasteiger partial charge in [-0.25, -0.2) is 0 Å². The Labute approximate surface area is 205 Å². The lowest BCUT2D eigenvalue weighted by molar-refractivity contribution is -0.112. The fourth-order valence-electron chi connectivity index (χ4n) is 3.45. The summed E-state index contributed by atoms with van der Waals surface area (Å²) in [5.41, 5.74) is 4.30. The highest BCUT2D eigenvalue weighted by Crippen LogP contribution is 2.35. The number of aryl methyl sites for hydroxylation is 1. The first-order valence-corrected chi connectivity index (χ1v) is 10.9. The maximum Gasteiger partial charge on any atom is 0.266 e. The number of carbonyl (C=O) groups excluding carboxylic acids is 1. The summed E-state index contributed by atoms with van der Waals surface area (Å²) in [7, 11) is 1.52. The van der Waals surface area contributed by atoms with Crippen LogP contribution in [-0.2, 0) is 17.8 Å². The number of hydrogen-bond acceptors (Lipinski definition) is 5. The number of amides is 1. The van der Waals surface area contributed by atoms with Crippen LogP contribution in [0.4, 0.5) is 5.69 Å². The van der Waals surface area contributed by atoms with Crippen LogP contribution < -0.4 is 14.8 Å². The number of carbonyl (C=O) groups is 1. The number of anilines is 1. The normalized spacial score (nSPS) is 10.6. The minimum absolute atomic E-state index is 0.0474. The molecule has 0 bridgehead atoms. The lowest BCUT2D eigenvalue weighted by atomic mass is 10.0. The van der Waals surface area contributed by atoms with Gasteiger partial charge < -0.3 is 14.8 Å². The van der Waals surface area contributed by atoms with Gasteiger partial charge >= 0.3 is 0 Å². The quantitative estimate of drug-likeness (QED) is 0.248. The van der Waals surface area contributed by atoms with E-state index in [0.29, 0.717) is 34.7 Å². The smallest absolute Gasteiger partial charge is 0.266 e. The average Bonchev–Trinajstić information content (AvgIpc) is 2.87. The van der Waals surface area contributed by atoms with E-state index >= 15 is 0 Å². The molecule has 3 aromatic carbocycles. The summed E-state index contributed by atoms with van der Waals surface area (Å²) in [6, 6.07) is 22.2. The number of ether oxygens (including phenoxy) is 2. The molecule has 0 atom stereocenters. The highest BCUT2D eigenvalue weighted by atomic mass is 16.5. The van der Waals surface area contributed by atoms with Crippen molar-refractivity contribution in [1.82, 2.24) is 0 Å². The van der Waals surface area contributed by atoms with Crippen molar-refractivity contribution >= 4 is 17.7 Å². The van der Waals surface area contributed by atoms with Gasteiger partial charge in [-0.1, -0.05) is 42.0 Å². The van der Waals surface area contributed by atoms with Crippen molar-refractivity contribution in [2.45, 2.75) is 20.0 Å². The first kappa shape index (κ1) is 24.8. The Kier molecular flexibility index (Phi) is 8.43. The summed E-state index contributed by atoms with van der Waals surface area (Å²) in [6.45, 7) is 5.95. The second-order valence-electron chi connectivity index (χ2n) is 7.75. The van der Waals surface area contributed by atoms with Gasteiger partial charge in [0.1, 0.15) is 18.2 Å². The largest absolute Gasteiger partial charge is 0.493 e. The molecular weight excluding hydrogens is 438 g/mol. The standard InChI is InChI=1S/C29H25N3O3/c1-4-7-22-14-21(15-25(18-31)29(33)32-26-12-10-20(2)11-13-26)16-27(34-3)28(22)35-19-24-9-6-5-8-23(24)17-30/h4-6,8-16H,1,7,19H2,2-3H3,(H,32,33)/b25-15+. The monoisotopic (exact) mass is 463 g/mol. The van der Waals surface area contributed by atoms with Crippen LogP contribution in [0.1, 0.15) is 27.8 Å². The van der Waals surface area contributed by atoms with Crippen LogP contribution in [0, 0.1) is 29.6 Å². The first-order valence-electron chi connectivity index (χ1n) is 10.9. The van der Waals surface area contributed by atoms with Crippen LogP contribution in [-0.4, -0.2) is 13.0 Å². The molecule has 0 radical (unpaired) electrons. The molecule has 0 aromatic heterocycles. The highest BCUT2D eigenvalue weighted by molar-refractivity contribution is 6.09. The number of benzene rings is 3. The maximum atomic E-state index is 12.7. The van der Waals surface area contributed by atoms with Crippen molar-refractivity contribution in [2.75, 3.05) is 12.4 Å². The predicted octanol–water partition coefficient (Wildman–Crippen LogP) is 5.73. The summed E-state index contributed by atoms with van der Waals surface area (Å²) in [5.74, 6) is 0.454. The molecule has 0 aliphatic carbocycles. The Balaban J connectivity index is 1.91. The Morgan fingerprint density at radius 1 is 1.09 bits per heavy atom. The van der Waals surface area contributed by atoms with Crippen LogP contribution in [0.5, 0.6) is 11.5 Å². The van der Waals surface area contributed by atoms with Crippen molar-refractivity contribution in [2.24, 2.45) is 0 Å². The second-order valence-corrected chi connectivity index (χ2v) is 7.75. The molecule has 0 saturated carbocycles. The predicted molar refractivity (Wildman–Crippen MR) is 136 cm³/mol. The molecule has 0 spiro atoms. The van der Waals surface area contributed by atoms with Crippen molar-refractivity contribution in [3.8, 4) is 23.6 Å². The van der Waals surface area contributed by atoms with Crippen LogP contribution in [0.3, 0.4) is 0 Å². The van der Waals surface area contributed by atoms with E-state index < -0.39 is 5.91 Å². The molecule has 0 fully saturated rings. The van der Waals surface area contributed by atoms with Crippen molar-refractivity contribution in [3.63, 3.8) is 0 Å². The minimum Gasteiger partial charge on any atom is -0.493 e. The van der Waals surface area contributed by atoms with Gasteiger partial charge in [-0.2, -0.15) is 10.5 Å². The third-order valence-electron chi connectivity index (χ3n) is 5.23. The number of nitrogens with one attached hydrogen (secondary N) is 1. The van der Waals surface area contributed by atoms with Crippen molar-refractivity contribution in [3.05, 3.63) is 107 Å². The van der Waals surface area contributed by atoms with Crippen LogP contribution in [0.25, 0.3) is 6.08 Å². The molecule has 0 saturated heterocycles. The molecule has 174 valence electrons. The molecule has 0 heterocycles. The fraction of sp³-hybridized carbons (Fsp3) is 0.138. The molecule has 3 rings (SSSR count). The molecule has 0 aliphatic rings. The maximum absolute atomic E-state index is 12.7. The zero-order valence-corrected chi connectivity index (χ0v) is 19.7. The minimum atomic E-state index is -0.506. The van der Waals surface area contributed by atoms with Gasteiger partial charge in [0.05, 0.1) is 18.7 Å². The van der Waals surface area contributed by atoms with Gasteiger partial charge in [-0.05, 0) is 55.3 Å². The van der Waals surface area contributed by atoms with Gasteiger partial charge in [-0.3, -0.25) is 4.79 Å². The van der Waals surface area contributed by atoms with Crippen LogP contribution in [0.2, 0.25) is 0 Å². The molecule has 0 unspecified atom stereocenters. The number of nitrogens with zero attached hydrogens (tertiary/aromatic N) is 2. The van der Waals surface area contributed by atoms with E-state index in [4.69, 9.17) is 9.47 Å². The fourth-order valence-corrected chi connectivity index (χ4v) is 3.45. The third-order valence-corrected chi connectivity index (χ3v) is 5.23. The van der Waals surface area contributed by atoms with E-state index in [2.05, 4.69) is 18.0 Å². The molecular formula is C29H25N3O3. The average molecular weight is 464 g/mol. The molecule has 6 nitrogen and oxygen atoms in total. The summed E-state index contributed by atoms with van der Waals surface area (Å²) in [5, 5.41) is 21.7. The topological polar surface area (TPSA) is 95.1 Å². The molecule has 1 amide bonds. The van der Waals surface area contributed by atoms with E-state index in [1.54, 1.807) is 36.4 Å². The summed E-state index contributed by atoms with van der Waals surface area (Å²) in [4.78, 5) is 12.7. The Morgan fingerprint density at radius 3 is 2.49 bits per heavy atom. The van der Waals surface area contributed by atoms with Crippen LogP contribution >= 0.6 is 0 Å². The first-order chi connectivity index (χ1) is 17.0. The molecule has 6 heteroatoms. The Hall–Kier alpha value is -4.81. The van der Waals surface area contributed by atoms with E-state index in [1.165, 1.54) is 13.2 Å². The number of nitriles is 2. The number of allylic oxidation sites excluding steroid dienone is 1. The molecule has 1 N–H and O–H groups in total. The van der Waals surface area contributed by atoms with Crippen molar-refractivity contribution in [1.29, 1.82) is 10.5 Å². The summed E-state index contributed by atoms with van der Waals surface area (Å²) >= 11 is 0. The zero-order chi connectivity index (χ0) is 25.2. The molecule has 35 heavy (non-hydrogen) atoms. The third kappa shape index (κ3) is 6.37. The van der Waals surface area contributed by atoms with Gasteiger partial charge in [0.2, 0.25) is 0 Å². The lowest BCUT2D eigenvalue weighted by Gasteiger charge is -2.16. The Morgan fingerprint density at radius 2 is 1.83 bits per heavy atom. The van der Waals surface area contributed by atoms with Gasteiger partial charge in [0.15, 0.2) is 11.5 Å². The summed E-state index contributed by atoms with van der Waals surface area (Å²) in [6.07, 6.45) is 3.71. The number of rotatable bonds is 9. The van der Waals surface area contributed by atoms with E-state index in [0.717, 1.165) is 16.7 Å². The van der Waals surface area contributed by atoms with Crippen LogP contribution in [0.15, 0.2) is 78.9 Å². The van der Waals surface area contributed by atoms with Gasteiger partial charge in [-0.15, -0.1) is 6.58 Å². The van der Waals surface area contributed by atoms with E-state index in [1.807, 2.05) is 43.3 Å². The van der Waals surface area contributed by atoms with Crippen molar-refractivity contribution < 1.29 is 14.3 Å². The van der Waals surface area contributed by atoms with Gasteiger partial charge in [0, 0.05) is 16.8 Å². The number of methoxy groups -OCH3 is 1.